The van der Waals surface area contributed by atoms with Crippen LogP contribution in [0.2, 0.25) is 0 Å². The number of hydrogen-bond acceptors (Lipinski definition) is 4. The Morgan fingerprint density at radius 1 is 1.00 bits per heavy atom. The first-order valence-electron chi connectivity index (χ1n) is 16.4. The van der Waals surface area contributed by atoms with E-state index in [0.29, 0.717) is 37.2 Å². The molecule has 1 N–H and O–H groups in total. The fourth-order valence-corrected chi connectivity index (χ4v) is 9.55. The number of fused-ring (bicyclic) bond motifs is 5. The quantitative estimate of drug-likeness (QED) is 0.180. The first kappa shape index (κ1) is 33.4. The lowest BCUT2D eigenvalue weighted by Gasteiger charge is -2.58. The molecule has 5 heteroatoms. The summed E-state index contributed by atoms with van der Waals surface area (Å²) in [6.07, 6.45) is 17.3. The van der Waals surface area contributed by atoms with Crippen molar-refractivity contribution in [2.75, 3.05) is 33.5 Å². The van der Waals surface area contributed by atoms with Crippen molar-refractivity contribution in [3.8, 4) is 0 Å². The predicted octanol–water partition coefficient (Wildman–Crippen LogP) is 8.81. The molecule has 0 aromatic carbocycles. The zero-order valence-corrected chi connectivity index (χ0v) is 26.1. The fraction of sp³-hybridized carbons (Fsp3) is 0.914. The Morgan fingerprint density at radius 3 is 2.55 bits per heavy atom. The van der Waals surface area contributed by atoms with Crippen LogP contribution < -0.4 is 5.32 Å². The van der Waals surface area contributed by atoms with E-state index in [4.69, 9.17) is 14.2 Å². The van der Waals surface area contributed by atoms with E-state index in [0.717, 1.165) is 61.2 Å². The summed E-state index contributed by atoms with van der Waals surface area (Å²) < 4.78 is 16.3. The molecular formula is C35H63NO4. The van der Waals surface area contributed by atoms with Crippen molar-refractivity contribution in [3.05, 3.63) is 11.6 Å². The highest BCUT2D eigenvalue weighted by Gasteiger charge is 2.59. The maximum absolute atomic E-state index is 12.4. The number of hydrogen-bond donors (Lipinski definition) is 1. The second-order valence-electron chi connectivity index (χ2n) is 14.4. The Kier molecular flexibility index (Phi) is 12.5. The summed E-state index contributed by atoms with van der Waals surface area (Å²) in [5.74, 6) is 5.14. The van der Waals surface area contributed by atoms with Gasteiger partial charge in [0.15, 0.2) is 0 Å². The van der Waals surface area contributed by atoms with Crippen LogP contribution in [-0.4, -0.2) is 45.7 Å². The highest BCUT2D eigenvalue weighted by molar-refractivity contribution is 5.67. The van der Waals surface area contributed by atoms with Gasteiger partial charge >= 0.3 is 6.09 Å². The van der Waals surface area contributed by atoms with Crippen LogP contribution in [0.4, 0.5) is 4.79 Å². The van der Waals surface area contributed by atoms with Gasteiger partial charge in [-0.2, -0.15) is 0 Å². The highest BCUT2D eigenvalue weighted by atomic mass is 16.6. The van der Waals surface area contributed by atoms with Crippen molar-refractivity contribution >= 4 is 6.09 Å². The first-order valence-corrected chi connectivity index (χ1v) is 16.4. The molecule has 0 aliphatic heterocycles. The summed E-state index contributed by atoms with van der Waals surface area (Å²) in [6.45, 7) is 14.9. The Bertz CT molecular complexity index is 826. The third kappa shape index (κ3) is 7.46. The smallest absolute Gasteiger partial charge is 0.407 e. The molecule has 232 valence electrons. The first-order chi connectivity index (χ1) is 18.7. The molecule has 3 saturated carbocycles. The average molecular weight is 562 g/mol. The summed E-state index contributed by atoms with van der Waals surface area (Å²) >= 11 is 0. The minimum atomic E-state index is -0.275. The number of carbonyl (C=O) groups excluding carboxylic acids is 1. The predicted molar refractivity (Wildman–Crippen MR) is 165 cm³/mol. The van der Waals surface area contributed by atoms with Crippen molar-refractivity contribution in [1.82, 2.24) is 5.32 Å². The second kappa shape index (κ2) is 14.9. The third-order valence-corrected chi connectivity index (χ3v) is 11.7. The van der Waals surface area contributed by atoms with Gasteiger partial charge in [0.1, 0.15) is 6.10 Å². The minimum Gasteiger partial charge on any atom is -0.446 e. The molecule has 0 radical (unpaired) electrons. The van der Waals surface area contributed by atoms with Gasteiger partial charge in [-0.25, -0.2) is 4.79 Å². The second-order valence-corrected chi connectivity index (χ2v) is 14.4. The summed E-state index contributed by atoms with van der Waals surface area (Å²) in [5.41, 5.74) is 2.41. The monoisotopic (exact) mass is 561 g/mol. The van der Waals surface area contributed by atoms with Gasteiger partial charge in [-0.05, 0) is 97.7 Å². The summed E-state index contributed by atoms with van der Waals surface area (Å²) in [6, 6.07) is 0. The molecule has 40 heavy (non-hydrogen) atoms. The van der Waals surface area contributed by atoms with Crippen molar-refractivity contribution < 1.29 is 19.0 Å². The minimum absolute atomic E-state index is 0. The maximum atomic E-state index is 12.4. The van der Waals surface area contributed by atoms with Gasteiger partial charge in [-0.15, -0.1) is 0 Å². The van der Waals surface area contributed by atoms with Crippen molar-refractivity contribution in [2.24, 2.45) is 46.3 Å². The van der Waals surface area contributed by atoms with E-state index in [9.17, 15) is 4.79 Å². The molecular weight excluding hydrogens is 498 g/mol. The molecule has 0 saturated heterocycles. The summed E-state index contributed by atoms with van der Waals surface area (Å²) in [5, 5.41) is 2.92. The number of nitrogens with one attached hydrogen (secondary N) is 1. The van der Waals surface area contributed by atoms with Crippen LogP contribution in [0, 0.1) is 46.3 Å². The number of rotatable bonds is 13. The van der Waals surface area contributed by atoms with Gasteiger partial charge in [0.25, 0.3) is 0 Å². The fourth-order valence-electron chi connectivity index (χ4n) is 9.55. The van der Waals surface area contributed by atoms with Crippen LogP contribution in [0.25, 0.3) is 0 Å². The topological polar surface area (TPSA) is 56.8 Å². The van der Waals surface area contributed by atoms with Crippen LogP contribution in [0.1, 0.15) is 119 Å². The van der Waals surface area contributed by atoms with Gasteiger partial charge in [-0.1, -0.05) is 73.0 Å². The number of ether oxygens (including phenoxy) is 3. The molecule has 0 heterocycles. The van der Waals surface area contributed by atoms with Crippen LogP contribution in [0.15, 0.2) is 11.6 Å². The Labute approximate surface area is 246 Å². The number of carbonyl (C=O) groups is 1. The summed E-state index contributed by atoms with van der Waals surface area (Å²) in [7, 11) is 1.67. The van der Waals surface area contributed by atoms with E-state index in [2.05, 4.69) is 46.0 Å². The normalized spacial score (nSPS) is 35.6. The van der Waals surface area contributed by atoms with Crippen LogP contribution >= 0.6 is 0 Å². The lowest BCUT2D eigenvalue weighted by Crippen LogP contribution is -2.51. The van der Waals surface area contributed by atoms with Gasteiger partial charge < -0.3 is 19.5 Å². The lowest BCUT2D eigenvalue weighted by molar-refractivity contribution is -0.0581. The third-order valence-electron chi connectivity index (χ3n) is 11.7. The zero-order chi connectivity index (χ0) is 28.0. The molecule has 0 aromatic rings. The molecule has 4 rings (SSSR count). The van der Waals surface area contributed by atoms with Crippen LogP contribution in [0.5, 0.6) is 0 Å². The Morgan fingerprint density at radius 2 is 1.80 bits per heavy atom. The molecule has 4 aliphatic carbocycles. The highest BCUT2D eigenvalue weighted by Crippen LogP contribution is 2.67. The van der Waals surface area contributed by atoms with Gasteiger partial charge in [0, 0.05) is 26.7 Å². The average Bonchev–Trinajstić information content (AvgIpc) is 3.25. The number of alkyl carbamates (subject to hydrolysis) is 1. The van der Waals surface area contributed by atoms with Crippen molar-refractivity contribution in [3.63, 3.8) is 0 Å². The van der Waals surface area contributed by atoms with Gasteiger partial charge in [-0.3, -0.25) is 0 Å². The van der Waals surface area contributed by atoms with Gasteiger partial charge in [0.2, 0.25) is 0 Å². The van der Waals surface area contributed by atoms with Gasteiger partial charge in [0.05, 0.1) is 13.2 Å². The molecule has 0 spiro atoms. The molecule has 0 aromatic heterocycles. The van der Waals surface area contributed by atoms with Crippen molar-refractivity contribution in [1.29, 1.82) is 0 Å². The van der Waals surface area contributed by atoms with E-state index in [1.54, 1.807) is 12.7 Å². The van der Waals surface area contributed by atoms with E-state index in [1.807, 2.05) is 0 Å². The standard InChI is InChI=1S/C34H59NO4.CH4/c1-24(2)9-7-10-25(3)29-13-14-30-28-12-11-26-23-27(39-32(36)35-19-8-20-38-22-21-37-6)15-17-33(26,4)31(28)16-18-34(29,30)5;/h11,24-25,27-31H,7-10,12-23H2,1-6H3,(H,35,36);1H4/t25?,27-,28-,29+,30-,31-,33-,34+;/m0./s1. The molecule has 5 nitrogen and oxygen atoms in total. The Balaban J connectivity index is 0.00000441. The van der Waals surface area contributed by atoms with Crippen molar-refractivity contribution in [2.45, 2.75) is 125 Å². The zero-order valence-electron chi connectivity index (χ0n) is 26.1. The Hall–Kier alpha value is -1.07. The molecule has 0 bridgehead atoms. The molecule has 1 amide bonds. The number of amides is 1. The molecule has 4 aliphatic rings. The van der Waals surface area contributed by atoms with Crippen LogP contribution in [-0.2, 0) is 14.2 Å². The molecule has 8 atom stereocenters. The SMILES string of the molecule is C.COCCOCCCNC(=O)O[C@H]1CC[C@@]2(C)C(=CC[C@H]3[C@@H]4CC[C@H](C(C)CCCC(C)C)[C@@]4(C)CC[C@@H]32)C1. The maximum Gasteiger partial charge on any atom is 0.407 e. The van der Waals surface area contributed by atoms with E-state index < -0.39 is 0 Å². The summed E-state index contributed by atoms with van der Waals surface area (Å²) in [4.78, 5) is 12.4. The van der Waals surface area contributed by atoms with E-state index in [1.165, 1.54) is 51.4 Å². The van der Waals surface area contributed by atoms with Crippen LogP contribution in [0.3, 0.4) is 0 Å². The van der Waals surface area contributed by atoms with E-state index >= 15 is 0 Å². The molecule has 3 fully saturated rings. The largest absolute Gasteiger partial charge is 0.446 e. The number of methoxy groups -OCH3 is 1. The lowest BCUT2D eigenvalue weighted by atomic mass is 9.47. The number of allylic oxidation sites excluding steroid dienone is 1. The van der Waals surface area contributed by atoms with E-state index in [-0.39, 0.29) is 19.6 Å². The molecule has 1 unspecified atom stereocenters.